The van der Waals surface area contributed by atoms with E-state index >= 15 is 0 Å². The number of anilines is 6. The number of urea groups is 3. The van der Waals surface area contributed by atoms with Crippen LogP contribution in [0.3, 0.4) is 0 Å². The molecule has 0 atom stereocenters. The second-order valence-electron chi connectivity index (χ2n) is 24.1. The summed E-state index contributed by atoms with van der Waals surface area (Å²) in [4.78, 5) is 101. The number of nitrogens with one attached hydrogen (secondary N) is 6. The van der Waals surface area contributed by atoms with E-state index in [1.165, 1.54) is 21.3 Å². The van der Waals surface area contributed by atoms with Gasteiger partial charge in [-0.3, -0.25) is 25.5 Å². The molecule has 30 heteroatoms. The van der Waals surface area contributed by atoms with Crippen LogP contribution in [0.15, 0.2) is 200 Å². The number of benzene rings is 9. The molecule has 0 radical (unpaired) electrons. The minimum absolute atomic E-state index is 0.00150. The SMILES string of the molecule is COc1ccc(NC(=O)Nc2nc(Cl)nc(Oc3ccc4ccccc4c3)n2)cc1.COc1ccccc1NC(=O)Nc1nc(Oc2ccc3ccccc3c2)nc(C(C(=O)OC(C)(C)C)C(=O)OC(C)(C)C)n1.COc1nc(NC(=O)Nc2ccccc2OC)nc(Oc2ccc3ccccc3c2)n1. The molecule has 105 heavy (non-hydrogen) atoms. The number of amides is 6. The van der Waals surface area contributed by atoms with Crippen LogP contribution in [0.25, 0.3) is 32.3 Å². The number of hydrogen-bond donors (Lipinski definition) is 6. The topological polar surface area (TPSA) is 357 Å². The fourth-order valence-corrected chi connectivity index (χ4v) is 9.70. The van der Waals surface area contributed by atoms with Crippen LogP contribution < -0.4 is 65.1 Å². The van der Waals surface area contributed by atoms with Gasteiger partial charge in [-0.05, 0) is 170 Å². The molecule has 6 N–H and O–H groups in total. The number of carbonyl (C=O) groups excluding carboxylic acids is 5. The lowest BCUT2D eigenvalue weighted by molar-refractivity contribution is -0.169. The Balaban J connectivity index is 0.000000173. The molecular formula is C75H70ClN15O14. The molecular weight excluding hydrogens is 1370 g/mol. The predicted molar refractivity (Wildman–Crippen MR) is 394 cm³/mol. The van der Waals surface area contributed by atoms with Gasteiger partial charge in [-0.1, -0.05) is 115 Å². The van der Waals surface area contributed by atoms with E-state index in [4.69, 9.17) is 54.2 Å². The van der Waals surface area contributed by atoms with Gasteiger partial charge < -0.3 is 58.6 Å². The van der Waals surface area contributed by atoms with Gasteiger partial charge in [0.05, 0.1) is 39.8 Å². The molecule has 6 amide bonds. The van der Waals surface area contributed by atoms with Gasteiger partial charge in [0.15, 0.2) is 5.82 Å². The lowest BCUT2D eigenvalue weighted by Gasteiger charge is -2.25. The van der Waals surface area contributed by atoms with Gasteiger partial charge in [0, 0.05) is 5.69 Å². The van der Waals surface area contributed by atoms with Crippen LogP contribution in [0.2, 0.25) is 5.28 Å². The minimum atomic E-state index is -1.71. The van der Waals surface area contributed by atoms with Crippen molar-refractivity contribution < 1.29 is 66.6 Å². The average molecular weight is 1440 g/mol. The van der Waals surface area contributed by atoms with Gasteiger partial charge >= 0.3 is 54.1 Å². The Morgan fingerprint density at radius 2 is 0.705 bits per heavy atom. The Bertz CT molecular complexity index is 5080. The van der Waals surface area contributed by atoms with Crippen molar-refractivity contribution in [1.82, 2.24) is 44.9 Å². The summed E-state index contributed by atoms with van der Waals surface area (Å²) in [6.45, 7) is 9.96. The third kappa shape index (κ3) is 21.7. The molecule has 3 heterocycles. The third-order valence-electron chi connectivity index (χ3n) is 14.1. The summed E-state index contributed by atoms with van der Waals surface area (Å²) in [5.74, 6) is -1.25. The summed E-state index contributed by atoms with van der Waals surface area (Å²) in [6.07, 6.45) is 0. The molecule has 12 aromatic rings. The number of rotatable bonds is 19. The smallest absolute Gasteiger partial charge is 0.330 e. The molecule has 0 saturated carbocycles. The molecule has 0 aliphatic rings. The van der Waals surface area contributed by atoms with Crippen molar-refractivity contribution in [1.29, 1.82) is 0 Å². The fraction of sp³-hybridized carbons (Fsp3) is 0.173. The predicted octanol–water partition coefficient (Wildman–Crippen LogP) is 15.8. The molecule has 9 aromatic carbocycles. The van der Waals surface area contributed by atoms with E-state index in [-0.39, 0.29) is 53.0 Å². The summed E-state index contributed by atoms with van der Waals surface area (Å²) < 4.78 is 49.2. The zero-order chi connectivity index (χ0) is 74.6. The first-order valence-corrected chi connectivity index (χ1v) is 32.4. The van der Waals surface area contributed by atoms with Gasteiger partial charge in [0.25, 0.3) is 0 Å². The molecule has 0 bridgehead atoms. The number of aromatic nitrogens is 9. The highest BCUT2D eigenvalue weighted by molar-refractivity contribution is 6.28. The first kappa shape index (κ1) is 74.1. The molecule has 0 aliphatic heterocycles. The zero-order valence-corrected chi connectivity index (χ0v) is 59.0. The molecule has 536 valence electrons. The van der Waals surface area contributed by atoms with Crippen LogP contribution in [0.1, 0.15) is 53.3 Å². The number of halogens is 1. The number of para-hydroxylation sites is 4. The molecule has 0 fully saturated rings. The van der Waals surface area contributed by atoms with Crippen LogP contribution in [0, 0.1) is 0 Å². The maximum atomic E-state index is 13.4. The molecule has 12 rings (SSSR count). The number of fused-ring (bicyclic) bond motifs is 3. The number of esters is 2. The normalized spacial score (nSPS) is 10.9. The van der Waals surface area contributed by atoms with E-state index in [1.54, 1.807) is 146 Å². The van der Waals surface area contributed by atoms with Crippen molar-refractivity contribution in [2.45, 2.75) is 58.7 Å². The lowest BCUT2D eigenvalue weighted by atomic mass is 10.1. The van der Waals surface area contributed by atoms with Crippen LogP contribution in [0.5, 0.6) is 58.5 Å². The van der Waals surface area contributed by atoms with Crippen molar-refractivity contribution >= 4 is 109 Å². The Morgan fingerprint density at radius 3 is 1.12 bits per heavy atom. The maximum absolute atomic E-state index is 13.4. The van der Waals surface area contributed by atoms with Gasteiger partial charge in [-0.2, -0.15) is 39.9 Å². The van der Waals surface area contributed by atoms with Crippen LogP contribution in [-0.2, 0) is 19.1 Å². The minimum Gasteiger partial charge on any atom is -0.497 e. The molecule has 0 saturated heterocycles. The lowest BCUT2D eigenvalue weighted by Crippen LogP contribution is -2.36. The molecule has 0 spiro atoms. The van der Waals surface area contributed by atoms with E-state index < -0.39 is 47.2 Å². The van der Waals surface area contributed by atoms with Crippen molar-refractivity contribution in [3.63, 3.8) is 0 Å². The van der Waals surface area contributed by atoms with E-state index in [9.17, 15) is 24.0 Å². The third-order valence-corrected chi connectivity index (χ3v) is 14.2. The van der Waals surface area contributed by atoms with Gasteiger partial charge in [0.2, 0.25) is 29.0 Å². The maximum Gasteiger partial charge on any atom is 0.330 e. The second-order valence-corrected chi connectivity index (χ2v) is 24.5. The second kappa shape index (κ2) is 34.2. The van der Waals surface area contributed by atoms with Crippen molar-refractivity contribution in [2.75, 3.05) is 60.3 Å². The van der Waals surface area contributed by atoms with Crippen LogP contribution in [0.4, 0.5) is 49.3 Å². The molecule has 29 nitrogen and oxygen atoms in total. The summed E-state index contributed by atoms with van der Waals surface area (Å²) in [5, 5.41) is 21.5. The highest BCUT2D eigenvalue weighted by Crippen LogP contribution is 2.32. The first-order chi connectivity index (χ1) is 50.4. The Kier molecular flexibility index (Phi) is 24.1. The van der Waals surface area contributed by atoms with Gasteiger partial charge in [-0.25, -0.2) is 14.4 Å². The van der Waals surface area contributed by atoms with Gasteiger partial charge in [-0.15, -0.1) is 4.98 Å². The molecule has 0 unspecified atom stereocenters. The van der Waals surface area contributed by atoms with Crippen molar-refractivity contribution in [3.05, 3.63) is 211 Å². The summed E-state index contributed by atoms with van der Waals surface area (Å²) >= 11 is 5.96. The molecule has 3 aromatic heterocycles. The average Bonchev–Trinajstić information content (AvgIpc) is 0.790. The van der Waals surface area contributed by atoms with Crippen LogP contribution in [-0.4, -0.2) is 115 Å². The Morgan fingerprint density at radius 1 is 0.343 bits per heavy atom. The Labute approximate surface area is 606 Å². The Hall–Kier alpha value is -13.6. The largest absolute Gasteiger partial charge is 0.497 e. The number of hydrogen-bond acceptors (Lipinski definition) is 23. The van der Waals surface area contributed by atoms with Gasteiger partial charge in [0.1, 0.15) is 45.7 Å². The first-order valence-electron chi connectivity index (χ1n) is 32.0. The zero-order valence-electron chi connectivity index (χ0n) is 58.2. The van der Waals surface area contributed by atoms with Crippen molar-refractivity contribution in [2.24, 2.45) is 0 Å². The van der Waals surface area contributed by atoms with E-state index in [0.29, 0.717) is 51.6 Å². The number of ether oxygens (including phenoxy) is 9. The summed E-state index contributed by atoms with van der Waals surface area (Å²) in [5.41, 5.74) is -0.429. The fourth-order valence-electron chi connectivity index (χ4n) is 9.55. The van der Waals surface area contributed by atoms with Crippen LogP contribution >= 0.6 is 11.6 Å². The summed E-state index contributed by atoms with van der Waals surface area (Å²) in [6, 6.07) is 58.5. The van der Waals surface area contributed by atoms with E-state index in [2.05, 4.69) is 76.8 Å². The van der Waals surface area contributed by atoms with E-state index in [1.807, 2.05) is 103 Å². The number of methoxy groups -OCH3 is 4. The summed E-state index contributed by atoms with van der Waals surface area (Å²) in [7, 11) is 5.97. The highest BCUT2D eigenvalue weighted by atomic mass is 35.5. The number of carbonyl (C=O) groups is 5. The quantitative estimate of drug-likeness (QED) is 0.0323. The van der Waals surface area contributed by atoms with E-state index in [0.717, 1.165) is 32.3 Å². The number of nitrogens with zero attached hydrogens (tertiary/aromatic N) is 9. The highest BCUT2D eigenvalue weighted by Gasteiger charge is 2.40. The van der Waals surface area contributed by atoms with Crippen molar-refractivity contribution in [3.8, 4) is 58.5 Å². The standard InChI is InChI=1S/C32H35N5O7.C22H19N5O4.C21H16ClN5O3/c1-31(2,3)43-26(38)24(27(39)44-32(4,5)6)25-34-28(36-29(40)33-22-14-10-11-15-23(22)41-7)37-30(35-25)42-21-17-16-19-12-8-9-13-20(19)18-21;1-29-18-10-6-5-9-17(18)23-20(28)24-19-25-21(30-2)27-22(26-19)31-16-12-11-14-7-3-4-8-15(14)13-16;1-29-16-10-7-15(8-11-16)23-20(28)26-19-24-18(22)25-21(27-19)30-17-9-6-13-4-2-3-5-14(13)12-17/h8-18,24H,1-7H3,(H2,33,34,35,36,37,40);3-13H,1-2H3,(H2,23,24,25,26,27,28);2-12H,1H3,(H2,23,24,25,26,27,28). The molecule has 0 aliphatic carbocycles. The monoisotopic (exact) mass is 1440 g/mol.